The van der Waals surface area contributed by atoms with Gasteiger partial charge in [0.25, 0.3) is 0 Å². The maximum absolute atomic E-state index is 11.9. The van der Waals surface area contributed by atoms with Gasteiger partial charge in [0, 0.05) is 25.7 Å². The summed E-state index contributed by atoms with van der Waals surface area (Å²) in [7, 11) is 0. The van der Waals surface area contributed by atoms with Crippen molar-refractivity contribution < 1.29 is 9.53 Å². The summed E-state index contributed by atoms with van der Waals surface area (Å²) in [5.74, 6) is 0. The predicted octanol–water partition coefficient (Wildman–Crippen LogP) is 2.03. The Kier molecular flexibility index (Phi) is 6.11. The van der Waals surface area contributed by atoms with E-state index in [0.29, 0.717) is 0 Å². The van der Waals surface area contributed by atoms with Gasteiger partial charge in [0.05, 0.1) is 0 Å². The summed E-state index contributed by atoms with van der Waals surface area (Å²) in [6, 6.07) is 0.272. The Hall–Kier alpha value is -0.480. The summed E-state index contributed by atoms with van der Waals surface area (Å²) in [4.78, 5) is 13.7. The van der Waals surface area contributed by atoms with E-state index >= 15 is 0 Å². The lowest BCUT2D eigenvalue weighted by Crippen LogP contribution is -2.54. The summed E-state index contributed by atoms with van der Waals surface area (Å²) >= 11 is 0. The predicted molar refractivity (Wildman–Crippen MR) is 67.1 cm³/mol. The highest BCUT2D eigenvalue weighted by Crippen LogP contribution is 2.14. The van der Waals surface area contributed by atoms with E-state index in [1.165, 1.54) is 0 Å². The van der Waals surface area contributed by atoms with E-state index in [1.807, 2.05) is 25.7 Å². The van der Waals surface area contributed by atoms with E-state index in [4.69, 9.17) is 4.74 Å². The van der Waals surface area contributed by atoms with Crippen LogP contribution in [0.1, 0.15) is 34.1 Å². The van der Waals surface area contributed by atoms with Crippen molar-refractivity contribution in [2.45, 2.75) is 45.8 Å². The van der Waals surface area contributed by atoms with Crippen LogP contribution in [0.25, 0.3) is 0 Å². The van der Waals surface area contributed by atoms with Crippen molar-refractivity contribution >= 4 is 18.5 Å². The van der Waals surface area contributed by atoms with Crippen LogP contribution < -0.4 is 5.32 Å². The van der Waals surface area contributed by atoms with E-state index in [-0.39, 0.29) is 24.5 Å². The number of rotatable bonds is 1. The molecule has 1 saturated heterocycles. The molecule has 0 aliphatic carbocycles. The van der Waals surface area contributed by atoms with E-state index in [0.717, 1.165) is 26.1 Å². The number of carbonyl (C=O) groups excluding carboxylic acids is 1. The van der Waals surface area contributed by atoms with Gasteiger partial charge in [0.15, 0.2) is 0 Å². The van der Waals surface area contributed by atoms with Crippen molar-refractivity contribution in [1.82, 2.24) is 10.2 Å². The number of hydrogen-bond acceptors (Lipinski definition) is 3. The largest absolute Gasteiger partial charge is 0.444 e. The standard InChI is InChI=1S/C11H22N2O2.ClH/c1-5-9-8-12-6-7-13(9)10(14)15-11(2,3)4;/h9,12H,5-8H2,1-4H3;1H/t9-;/m1./s1. The van der Waals surface area contributed by atoms with Crippen LogP contribution in [0, 0.1) is 0 Å². The van der Waals surface area contributed by atoms with Gasteiger partial charge in [-0.25, -0.2) is 4.79 Å². The van der Waals surface area contributed by atoms with Crippen LogP contribution in [0.15, 0.2) is 0 Å². The monoisotopic (exact) mass is 250 g/mol. The first-order valence-electron chi connectivity index (χ1n) is 5.64. The van der Waals surface area contributed by atoms with Gasteiger partial charge in [0.1, 0.15) is 5.60 Å². The normalized spacial score (nSPS) is 21.2. The molecule has 1 amide bonds. The third-order valence-electron chi connectivity index (χ3n) is 2.45. The first kappa shape index (κ1) is 15.5. The van der Waals surface area contributed by atoms with Gasteiger partial charge in [-0.1, -0.05) is 6.92 Å². The Bertz CT molecular complexity index is 229. The second-order valence-electron chi connectivity index (χ2n) is 4.94. The molecule has 1 fully saturated rings. The lowest BCUT2D eigenvalue weighted by Gasteiger charge is -2.36. The fraction of sp³-hybridized carbons (Fsp3) is 0.909. The lowest BCUT2D eigenvalue weighted by atomic mass is 10.1. The van der Waals surface area contributed by atoms with Crippen LogP contribution in [-0.2, 0) is 4.74 Å². The van der Waals surface area contributed by atoms with Crippen LogP contribution in [0.2, 0.25) is 0 Å². The van der Waals surface area contributed by atoms with Crippen LogP contribution in [-0.4, -0.2) is 42.3 Å². The molecule has 0 radical (unpaired) electrons. The topological polar surface area (TPSA) is 41.6 Å². The van der Waals surface area contributed by atoms with Crippen LogP contribution >= 0.6 is 12.4 Å². The number of piperazine rings is 1. The van der Waals surface area contributed by atoms with Crippen LogP contribution in [0.3, 0.4) is 0 Å². The third kappa shape index (κ3) is 4.58. The number of hydrogen-bond donors (Lipinski definition) is 1. The molecule has 0 spiro atoms. The van der Waals surface area contributed by atoms with E-state index < -0.39 is 5.60 Å². The molecule has 0 bridgehead atoms. The van der Waals surface area contributed by atoms with Gasteiger partial charge >= 0.3 is 6.09 Å². The minimum absolute atomic E-state index is 0. The first-order valence-corrected chi connectivity index (χ1v) is 5.64. The molecule has 1 aliphatic rings. The first-order chi connectivity index (χ1) is 6.94. The zero-order valence-corrected chi connectivity index (χ0v) is 11.4. The molecular formula is C11H23ClN2O2. The zero-order valence-electron chi connectivity index (χ0n) is 10.6. The van der Waals surface area contributed by atoms with Crippen molar-refractivity contribution in [1.29, 1.82) is 0 Å². The van der Waals surface area contributed by atoms with Gasteiger partial charge in [-0.3, -0.25) is 0 Å². The summed E-state index contributed by atoms with van der Waals surface area (Å²) < 4.78 is 5.37. The molecule has 0 saturated carbocycles. The highest BCUT2D eigenvalue weighted by molar-refractivity contribution is 5.85. The minimum atomic E-state index is -0.403. The fourth-order valence-corrected chi connectivity index (χ4v) is 1.69. The zero-order chi connectivity index (χ0) is 11.5. The number of carbonyl (C=O) groups is 1. The van der Waals surface area contributed by atoms with Gasteiger partial charge in [-0.15, -0.1) is 12.4 Å². The molecule has 16 heavy (non-hydrogen) atoms. The summed E-state index contributed by atoms with van der Waals surface area (Å²) in [5.41, 5.74) is -0.403. The molecule has 1 aliphatic heterocycles. The number of halogens is 1. The molecular weight excluding hydrogens is 228 g/mol. The molecule has 0 aromatic rings. The lowest BCUT2D eigenvalue weighted by molar-refractivity contribution is 0.0117. The van der Waals surface area contributed by atoms with Crippen LogP contribution in [0.4, 0.5) is 4.79 Å². The number of nitrogens with zero attached hydrogens (tertiary/aromatic N) is 1. The SMILES string of the molecule is CC[C@@H]1CNCCN1C(=O)OC(C)(C)C.Cl. The maximum atomic E-state index is 11.9. The van der Waals surface area contributed by atoms with Crippen molar-refractivity contribution in [3.05, 3.63) is 0 Å². The van der Waals surface area contributed by atoms with Gasteiger partial charge in [0.2, 0.25) is 0 Å². The van der Waals surface area contributed by atoms with Gasteiger partial charge in [-0.2, -0.15) is 0 Å². The Morgan fingerprint density at radius 2 is 2.12 bits per heavy atom. The van der Waals surface area contributed by atoms with Crippen molar-refractivity contribution in [2.24, 2.45) is 0 Å². The molecule has 1 N–H and O–H groups in total. The average molecular weight is 251 g/mol. The number of amides is 1. The van der Waals surface area contributed by atoms with E-state index in [2.05, 4.69) is 12.2 Å². The van der Waals surface area contributed by atoms with Crippen molar-refractivity contribution in [3.8, 4) is 0 Å². The van der Waals surface area contributed by atoms with Crippen molar-refractivity contribution in [3.63, 3.8) is 0 Å². The summed E-state index contributed by atoms with van der Waals surface area (Å²) in [6.45, 7) is 10.3. The second kappa shape index (κ2) is 6.30. The van der Waals surface area contributed by atoms with Gasteiger partial charge < -0.3 is 15.0 Å². The third-order valence-corrected chi connectivity index (χ3v) is 2.45. The molecule has 1 heterocycles. The molecule has 0 aromatic carbocycles. The molecule has 5 heteroatoms. The highest BCUT2D eigenvalue weighted by Gasteiger charge is 2.28. The number of ether oxygens (including phenoxy) is 1. The molecule has 0 aromatic heterocycles. The summed E-state index contributed by atoms with van der Waals surface area (Å²) in [5, 5.41) is 3.28. The molecule has 96 valence electrons. The Morgan fingerprint density at radius 1 is 1.50 bits per heavy atom. The molecule has 1 rings (SSSR count). The maximum Gasteiger partial charge on any atom is 0.410 e. The minimum Gasteiger partial charge on any atom is -0.444 e. The second-order valence-corrected chi connectivity index (χ2v) is 4.94. The van der Waals surface area contributed by atoms with E-state index in [1.54, 1.807) is 0 Å². The molecule has 1 atom stereocenters. The van der Waals surface area contributed by atoms with E-state index in [9.17, 15) is 4.79 Å². The molecule has 4 nitrogen and oxygen atoms in total. The Morgan fingerprint density at radius 3 is 2.62 bits per heavy atom. The fourth-order valence-electron chi connectivity index (χ4n) is 1.69. The average Bonchev–Trinajstić information content (AvgIpc) is 2.15. The smallest absolute Gasteiger partial charge is 0.410 e. The Labute approximate surface area is 104 Å². The van der Waals surface area contributed by atoms with Crippen LogP contribution in [0.5, 0.6) is 0 Å². The quantitative estimate of drug-likeness (QED) is 0.774. The highest BCUT2D eigenvalue weighted by atomic mass is 35.5. The number of nitrogens with one attached hydrogen (secondary N) is 1. The molecule has 0 unspecified atom stereocenters. The Balaban J connectivity index is 0.00000225. The van der Waals surface area contributed by atoms with Crippen molar-refractivity contribution in [2.75, 3.05) is 19.6 Å². The summed E-state index contributed by atoms with van der Waals surface area (Å²) in [6.07, 6.45) is 0.780. The van der Waals surface area contributed by atoms with Gasteiger partial charge in [-0.05, 0) is 27.2 Å².